The minimum Gasteiger partial charge on any atom is -0.379 e. The second kappa shape index (κ2) is 9.89. The first-order chi connectivity index (χ1) is 13.2. The molecule has 3 amide bonds. The predicted octanol–water partition coefficient (Wildman–Crippen LogP) is 3.68. The van der Waals surface area contributed by atoms with Gasteiger partial charge in [-0.2, -0.15) is 0 Å². The van der Waals surface area contributed by atoms with Crippen molar-refractivity contribution in [3.05, 3.63) is 34.7 Å². The Morgan fingerprint density at radius 2 is 1.75 bits per heavy atom. The maximum Gasteiger partial charge on any atom is 0.267 e. The van der Waals surface area contributed by atoms with Gasteiger partial charge in [-0.25, -0.2) is 0 Å². The van der Waals surface area contributed by atoms with Crippen LogP contribution < -0.4 is 5.32 Å². The Labute approximate surface area is 170 Å². The smallest absolute Gasteiger partial charge is 0.267 e. The van der Waals surface area contributed by atoms with Crippen molar-refractivity contribution in [1.29, 1.82) is 0 Å². The molecule has 1 aliphatic heterocycles. The van der Waals surface area contributed by atoms with Crippen molar-refractivity contribution in [2.24, 2.45) is 0 Å². The first-order valence-electron chi connectivity index (χ1n) is 9.47. The molecule has 7 heteroatoms. The van der Waals surface area contributed by atoms with Crippen molar-refractivity contribution < 1.29 is 19.1 Å². The maximum atomic E-state index is 13.0. The van der Waals surface area contributed by atoms with E-state index in [-0.39, 0.29) is 29.1 Å². The standard InChI is InChI=1S/C21H28N2O4S/c1-13(2)27-12-6-11-23-20(25)18(19(21(23)26)28-14(3)4)16-7-9-17(10-8-16)22-15(5)24/h7-10,13-14H,6,11-12H2,1-5H3,(H,22,24). The Hall–Kier alpha value is -2.12. The van der Waals surface area contributed by atoms with Crippen LogP contribution in [-0.2, 0) is 19.1 Å². The second-order valence-corrected chi connectivity index (χ2v) is 8.75. The highest BCUT2D eigenvalue weighted by atomic mass is 32.2. The summed E-state index contributed by atoms with van der Waals surface area (Å²) >= 11 is 1.41. The molecule has 1 aliphatic rings. The quantitative estimate of drug-likeness (QED) is 0.502. The van der Waals surface area contributed by atoms with Gasteiger partial charge in [-0.15, -0.1) is 11.8 Å². The molecule has 1 N–H and O–H groups in total. The van der Waals surface area contributed by atoms with Gasteiger partial charge < -0.3 is 10.1 Å². The first-order valence-corrected chi connectivity index (χ1v) is 10.4. The second-order valence-electron chi connectivity index (χ2n) is 7.16. The number of anilines is 1. The number of rotatable bonds is 9. The number of hydrogen-bond donors (Lipinski definition) is 1. The highest BCUT2D eigenvalue weighted by Crippen LogP contribution is 2.38. The SMILES string of the molecule is CC(=O)Nc1ccc(C2=C(SC(C)C)C(=O)N(CCCOC(C)C)C2=O)cc1. The molecule has 0 aliphatic carbocycles. The number of carbonyl (C=O) groups is 3. The van der Waals surface area contributed by atoms with Gasteiger partial charge >= 0.3 is 0 Å². The van der Waals surface area contributed by atoms with Crippen molar-refractivity contribution in [3.8, 4) is 0 Å². The van der Waals surface area contributed by atoms with Crippen LogP contribution in [0.4, 0.5) is 5.69 Å². The summed E-state index contributed by atoms with van der Waals surface area (Å²) in [5.41, 5.74) is 1.76. The number of amides is 3. The maximum absolute atomic E-state index is 13.0. The van der Waals surface area contributed by atoms with Crippen molar-refractivity contribution >= 4 is 40.7 Å². The third-order valence-electron chi connectivity index (χ3n) is 3.95. The molecule has 0 atom stereocenters. The number of carbonyl (C=O) groups excluding carboxylic acids is 3. The fraction of sp³-hybridized carbons (Fsp3) is 0.476. The van der Waals surface area contributed by atoms with E-state index in [9.17, 15) is 14.4 Å². The number of thioether (sulfide) groups is 1. The lowest BCUT2D eigenvalue weighted by molar-refractivity contribution is -0.136. The van der Waals surface area contributed by atoms with Crippen LogP contribution in [0.25, 0.3) is 5.57 Å². The van der Waals surface area contributed by atoms with Crippen LogP contribution in [0, 0.1) is 0 Å². The van der Waals surface area contributed by atoms with Gasteiger partial charge in [0.2, 0.25) is 5.91 Å². The third kappa shape index (κ3) is 5.69. The fourth-order valence-electron chi connectivity index (χ4n) is 2.82. The summed E-state index contributed by atoms with van der Waals surface area (Å²) < 4.78 is 5.52. The van der Waals surface area contributed by atoms with E-state index in [0.717, 1.165) is 0 Å². The number of benzene rings is 1. The monoisotopic (exact) mass is 404 g/mol. The highest BCUT2D eigenvalue weighted by molar-refractivity contribution is 8.04. The fourth-order valence-corrected chi connectivity index (χ4v) is 3.83. The van der Waals surface area contributed by atoms with Crippen LogP contribution >= 0.6 is 11.8 Å². The molecular weight excluding hydrogens is 376 g/mol. The molecule has 152 valence electrons. The highest BCUT2D eigenvalue weighted by Gasteiger charge is 2.39. The molecule has 0 spiro atoms. The lowest BCUT2D eigenvalue weighted by atomic mass is 10.1. The van der Waals surface area contributed by atoms with E-state index in [1.807, 2.05) is 27.7 Å². The predicted molar refractivity (Wildman–Crippen MR) is 113 cm³/mol. The third-order valence-corrected chi connectivity index (χ3v) is 5.04. The van der Waals surface area contributed by atoms with Crippen molar-refractivity contribution in [1.82, 2.24) is 4.90 Å². The first kappa shape index (κ1) is 22.2. The molecule has 6 nitrogen and oxygen atoms in total. The zero-order chi connectivity index (χ0) is 20.8. The summed E-state index contributed by atoms with van der Waals surface area (Å²) in [6, 6.07) is 6.99. The van der Waals surface area contributed by atoms with E-state index >= 15 is 0 Å². The normalized spacial score (nSPS) is 14.6. The van der Waals surface area contributed by atoms with Crippen LogP contribution in [0.5, 0.6) is 0 Å². The largest absolute Gasteiger partial charge is 0.379 e. The minimum absolute atomic E-state index is 0.118. The van der Waals surface area contributed by atoms with Crippen LogP contribution in [0.1, 0.15) is 46.6 Å². The zero-order valence-corrected chi connectivity index (χ0v) is 17.9. The van der Waals surface area contributed by atoms with Crippen LogP contribution in [0.15, 0.2) is 29.2 Å². The van der Waals surface area contributed by atoms with Crippen LogP contribution in [-0.4, -0.2) is 47.1 Å². The van der Waals surface area contributed by atoms with Gasteiger partial charge in [-0.3, -0.25) is 19.3 Å². The van der Waals surface area contributed by atoms with Crippen LogP contribution in [0.2, 0.25) is 0 Å². The number of nitrogens with zero attached hydrogens (tertiary/aromatic N) is 1. The van der Waals surface area contributed by atoms with Gasteiger partial charge in [0.05, 0.1) is 16.6 Å². The average molecular weight is 405 g/mol. The summed E-state index contributed by atoms with van der Waals surface area (Å²) in [5.74, 6) is -0.677. The summed E-state index contributed by atoms with van der Waals surface area (Å²) in [6.07, 6.45) is 0.720. The lowest BCUT2D eigenvalue weighted by Gasteiger charge is -2.16. The van der Waals surface area contributed by atoms with Gasteiger partial charge in [0.15, 0.2) is 0 Å². The molecule has 0 unspecified atom stereocenters. The number of nitrogens with one attached hydrogen (secondary N) is 1. The molecule has 0 radical (unpaired) electrons. The molecule has 0 fully saturated rings. The zero-order valence-electron chi connectivity index (χ0n) is 17.1. The van der Waals surface area contributed by atoms with Crippen molar-refractivity contribution in [2.75, 3.05) is 18.5 Å². The summed E-state index contributed by atoms with van der Waals surface area (Å²) in [4.78, 5) is 38.9. The Bertz CT molecular complexity index is 769. The summed E-state index contributed by atoms with van der Waals surface area (Å²) in [5, 5.41) is 2.87. The molecule has 1 aromatic carbocycles. The lowest BCUT2D eigenvalue weighted by Crippen LogP contribution is -2.33. The Morgan fingerprint density at radius 1 is 1.11 bits per heavy atom. The minimum atomic E-state index is -0.273. The molecule has 1 aromatic rings. The van der Waals surface area contributed by atoms with E-state index < -0.39 is 0 Å². The Morgan fingerprint density at radius 3 is 2.29 bits per heavy atom. The van der Waals surface area contributed by atoms with Gasteiger partial charge in [0.1, 0.15) is 0 Å². The number of hydrogen-bond acceptors (Lipinski definition) is 5. The molecule has 0 bridgehead atoms. The summed E-state index contributed by atoms with van der Waals surface area (Å²) in [7, 11) is 0. The van der Waals surface area contributed by atoms with Crippen LogP contribution in [0.3, 0.4) is 0 Å². The van der Waals surface area contributed by atoms with Gasteiger partial charge in [0, 0.05) is 31.0 Å². The molecule has 0 saturated heterocycles. The van der Waals surface area contributed by atoms with E-state index in [1.165, 1.54) is 23.6 Å². The van der Waals surface area contributed by atoms with E-state index in [4.69, 9.17) is 4.74 Å². The molecule has 2 rings (SSSR count). The molecule has 0 saturated carbocycles. The molecule has 1 heterocycles. The summed E-state index contributed by atoms with van der Waals surface area (Å²) in [6.45, 7) is 10.2. The van der Waals surface area contributed by atoms with Gasteiger partial charge in [0.25, 0.3) is 11.8 Å². The van der Waals surface area contributed by atoms with Gasteiger partial charge in [-0.1, -0.05) is 26.0 Å². The van der Waals surface area contributed by atoms with Crippen molar-refractivity contribution in [2.45, 2.75) is 52.4 Å². The molecule has 28 heavy (non-hydrogen) atoms. The number of imide groups is 1. The topological polar surface area (TPSA) is 75.7 Å². The average Bonchev–Trinajstić information content (AvgIpc) is 2.82. The van der Waals surface area contributed by atoms with E-state index in [2.05, 4.69) is 5.32 Å². The van der Waals surface area contributed by atoms with Gasteiger partial charge in [-0.05, 0) is 38.0 Å². The van der Waals surface area contributed by atoms with E-state index in [1.54, 1.807) is 24.3 Å². The van der Waals surface area contributed by atoms with E-state index in [0.29, 0.717) is 41.3 Å². The number of ether oxygens (including phenoxy) is 1. The Kier molecular flexibility index (Phi) is 7.83. The molecule has 0 aromatic heterocycles. The molecular formula is C21H28N2O4S. The Balaban J connectivity index is 2.24. The van der Waals surface area contributed by atoms with Crippen molar-refractivity contribution in [3.63, 3.8) is 0 Å².